The number of carbonyl (C=O) groups is 1. The van der Waals surface area contributed by atoms with E-state index in [-0.39, 0.29) is 11.8 Å². The molecule has 2 rings (SSSR count). The molecule has 1 amide bonds. The van der Waals surface area contributed by atoms with Gasteiger partial charge in [-0.15, -0.1) is 0 Å². The number of piperidine rings is 1. The fourth-order valence-electron chi connectivity index (χ4n) is 2.84. The van der Waals surface area contributed by atoms with Crippen LogP contribution >= 0.6 is 0 Å². The molecular weight excluding hydrogens is 238 g/mol. The van der Waals surface area contributed by atoms with Gasteiger partial charge in [0.1, 0.15) is 0 Å². The quantitative estimate of drug-likeness (QED) is 0.867. The van der Waals surface area contributed by atoms with Crippen LogP contribution in [0.4, 0.5) is 5.69 Å². The second-order valence-electron chi connectivity index (χ2n) is 5.50. The smallest absolute Gasteiger partial charge is 0.222 e. The van der Waals surface area contributed by atoms with Crippen molar-refractivity contribution in [2.75, 3.05) is 11.4 Å². The van der Waals surface area contributed by atoms with E-state index in [1.165, 1.54) is 11.3 Å². The Labute approximate surface area is 114 Å². The first-order valence-electron chi connectivity index (χ1n) is 6.88. The number of rotatable bonds is 3. The predicted octanol–water partition coefficient (Wildman–Crippen LogP) is 1.54. The van der Waals surface area contributed by atoms with Crippen LogP contribution in [0.5, 0.6) is 0 Å². The summed E-state index contributed by atoms with van der Waals surface area (Å²) >= 11 is 0. The van der Waals surface area contributed by atoms with Crippen LogP contribution < -0.4 is 16.4 Å². The first-order chi connectivity index (χ1) is 9.02. The van der Waals surface area contributed by atoms with Crippen molar-refractivity contribution in [3.05, 3.63) is 29.3 Å². The Bertz CT molecular complexity index is 472. The van der Waals surface area contributed by atoms with Gasteiger partial charge in [0, 0.05) is 24.8 Å². The number of hydrogen-bond acceptors (Lipinski definition) is 3. The molecule has 0 radical (unpaired) electrons. The molecule has 1 aromatic carbocycles. The standard InChI is InChI=1S/C15H23N3O/c1-10-7-12(8-16)4-6-14(10)18-9-13(15(17)19)5-3-11(18)2/h4,6-7,11,13H,3,5,8-9,16H2,1-2H3,(H2,17,19). The van der Waals surface area contributed by atoms with Gasteiger partial charge in [-0.3, -0.25) is 4.79 Å². The Kier molecular flexibility index (Phi) is 4.10. The molecule has 0 aliphatic carbocycles. The van der Waals surface area contributed by atoms with E-state index in [1.54, 1.807) is 0 Å². The number of hydrogen-bond donors (Lipinski definition) is 2. The second kappa shape index (κ2) is 5.61. The maximum absolute atomic E-state index is 11.4. The van der Waals surface area contributed by atoms with E-state index in [1.807, 2.05) is 0 Å². The van der Waals surface area contributed by atoms with Crippen molar-refractivity contribution in [2.24, 2.45) is 17.4 Å². The molecule has 4 N–H and O–H groups in total. The van der Waals surface area contributed by atoms with E-state index in [0.29, 0.717) is 12.6 Å². The van der Waals surface area contributed by atoms with Crippen LogP contribution in [-0.4, -0.2) is 18.5 Å². The molecule has 1 aliphatic heterocycles. The first kappa shape index (κ1) is 13.9. The van der Waals surface area contributed by atoms with Crippen LogP contribution in [0.3, 0.4) is 0 Å². The highest BCUT2D eigenvalue weighted by atomic mass is 16.1. The lowest BCUT2D eigenvalue weighted by Gasteiger charge is -2.39. The summed E-state index contributed by atoms with van der Waals surface area (Å²) in [5.41, 5.74) is 14.7. The highest BCUT2D eigenvalue weighted by Crippen LogP contribution is 2.30. The molecule has 0 saturated carbocycles. The van der Waals surface area contributed by atoms with E-state index in [2.05, 4.69) is 36.9 Å². The summed E-state index contributed by atoms with van der Waals surface area (Å²) in [6, 6.07) is 6.73. The lowest BCUT2D eigenvalue weighted by molar-refractivity contribution is -0.122. The number of aryl methyl sites for hydroxylation is 1. The maximum Gasteiger partial charge on any atom is 0.222 e. The summed E-state index contributed by atoms with van der Waals surface area (Å²) < 4.78 is 0. The van der Waals surface area contributed by atoms with Crippen molar-refractivity contribution in [3.8, 4) is 0 Å². The molecule has 2 unspecified atom stereocenters. The third kappa shape index (κ3) is 2.89. The van der Waals surface area contributed by atoms with Crippen molar-refractivity contribution in [3.63, 3.8) is 0 Å². The van der Waals surface area contributed by atoms with Crippen LogP contribution in [0, 0.1) is 12.8 Å². The van der Waals surface area contributed by atoms with Gasteiger partial charge in [0.05, 0.1) is 5.92 Å². The van der Waals surface area contributed by atoms with Crippen molar-refractivity contribution in [2.45, 2.75) is 39.3 Å². The van der Waals surface area contributed by atoms with Crippen molar-refractivity contribution in [1.82, 2.24) is 0 Å². The highest BCUT2D eigenvalue weighted by molar-refractivity contribution is 5.77. The van der Waals surface area contributed by atoms with Gasteiger partial charge >= 0.3 is 0 Å². The molecule has 4 nitrogen and oxygen atoms in total. The summed E-state index contributed by atoms with van der Waals surface area (Å²) in [5, 5.41) is 0. The van der Waals surface area contributed by atoms with Gasteiger partial charge in [-0.05, 0) is 43.9 Å². The summed E-state index contributed by atoms with van der Waals surface area (Å²) in [6.45, 7) is 5.57. The summed E-state index contributed by atoms with van der Waals surface area (Å²) in [6.07, 6.45) is 1.90. The molecule has 19 heavy (non-hydrogen) atoms. The SMILES string of the molecule is Cc1cc(CN)ccc1N1CC(C(N)=O)CCC1C. The molecule has 0 spiro atoms. The maximum atomic E-state index is 11.4. The van der Waals surface area contributed by atoms with Gasteiger partial charge in [0.2, 0.25) is 5.91 Å². The molecule has 2 atom stereocenters. The van der Waals surface area contributed by atoms with Gasteiger partial charge in [0.25, 0.3) is 0 Å². The minimum Gasteiger partial charge on any atom is -0.369 e. The fourth-order valence-corrected chi connectivity index (χ4v) is 2.84. The number of primary amides is 1. The minimum absolute atomic E-state index is 0.0372. The number of amides is 1. The fraction of sp³-hybridized carbons (Fsp3) is 0.533. The third-order valence-electron chi connectivity index (χ3n) is 4.09. The van der Waals surface area contributed by atoms with E-state index < -0.39 is 0 Å². The Morgan fingerprint density at radius 2 is 2.16 bits per heavy atom. The molecule has 0 aromatic heterocycles. The monoisotopic (exact) mass is 261 g/mol. The van der Waals surface area contributed by atoms with Crippen LogP contribution in [-0.2, 0) is 11.3 Å². The van der Waals surface area contributed by atoms with E-state index in [9.17, 15) is 4.79 Å². The number of benzene rings is 1. The Hall–Kier alpha value is -1.55. The molecule has 1 saturated heterocycles. The molecule has 104 valence electrons. The predicted molar refractivity (Wildman–Crippen MR) is 77.8 cm³/mol. The van der Waals surface area contributed by atoms with Crippen molar-refractivity contribution < 1.29 is 4.79 Å². The van der Waals surface area contributed by atoms with Gasteiger partial charge < -0.3 is 16.4 Å². The van der Waals surface area contributed by atoms with Crippen LogP contribution in [0.1, 0.15) is 30.9 Å². The highest BCUT2D eigenvalue weighted by Gasteiger charge is 2.29. The summed E-state index contributed by atoms with van der Waals surface area (Å²) in [5.74, 6) is -0.224. The van der Waals surface area contributed by atoms with Gasteiger partial charge in [-0.1, -0.05) is 12.1 Å². The lowest BCUT2D eigenvalue weighted by atomic mass is 9.91. The van der Waals surface area contributed by atoms with Crippen LogP contribution in [0.25, 0.3) is 0 Å². The van der Waals surface area contributed by atoms with E-state index in [0.717, 1.165) is 24.9 Å². The van der Waals surface area contributed by atoms with Crippen LogP contribution in [0.2, 0.25) is 0 Å². The first-order valence-corrected chi connectivity index (χ1v) is 6.88. The summed E-state index contributed by atoms with van der Waals surface area (Å²) in [7, 11) is 0. The van der Waals surface area contributed by atoms with Crippen molar-refractivity contribution >= 4 is 11.6 Å². The zero-order valence-corrected chi connectivity index (χ0v) is 11.7. The molecule has 0 bridgehead atoms. The van der Waals surface area contributed by atoms with Gasteiger partial charge in [-0.2, -0.15) is 0 Å². The van der Waals surface area contributed by atoms with Crippen LogP contribution in [0.15, 0.2) is 18.2 Å². The van der Waals surface area contributed by atoms with Gasteiger partial charge in [0.15, 0.2) is 0 Å². The van der Waals surface area contributed by atoms with Gasteiger partial charge in [-0.25, -0.2) is 0 Å². The largest absolute Gasteiger partial charge is 0.369 e. The molecule has 1 aliphatic rings. The molecule has 1 aromatic rings. The third-order valence-corrected chi connectivity index (χ3v) is 4.09. The Morgan fingerprint density at radius 3 is 2.74 bits per heavy atom. The molecule has 1 fully saturated rings. The summed E-state index contributed by atoms with van der Waals surface area (Å²) in [4.78, 5) is 13.7. The zero-order chi connectivity index (χ0) is 14.0. The molecule has 4 heteroatoms. The number of nitrogens with two attached hydrogens (primary N) is 2. The number of carbonyl (C=O) groups excluding carboxylic acids is 1. The average Bonchev–Trinajstić information content (AvgIpc) is 2.39. The van der Waals surface area contributed by atoms with E-state index >= 15 is 0 Å². The Balaban J connectivity index is 2.25. The number of anilines is 1. The topological polar surface area (TPSA) is 72.3 Å². The molecular formula is C15H23N3O. The second-order valence-corrected chi connectivity index (χ2v) is 5.50. The molecule has 1 heterocycles. The zero-order valence-electron chi connectivity index (χ0n) is 11.7. The lowest BCUT2D eigenvalue weighted by Crippen LogP contribution is -2.46. The Morgan fingerprint density at radius 1 is 1.42 bits per heavy atom. The number of nitrogens with zero attached hydrogens (tertiary/aromatic N) is 1. The van der Waals surface area contributed by atoms with E-state index in [4.69, 9.17) is 11.5 Å². The van der Waals surface area contributed by atoms with Crippen molar-refractivity contribution in [1.29, 1.82) is 0 Å². The minimum atomic E-state index is -0.187. The average molecular weight is 261 g/mol. The normalized spacial score (nSPS) is 23.4.